The Kier molecular flexibility index (Phi) is 3.68. The second kappa shape index (κ2) is 4.79. The highest BCUT2D eigenvalue weighted by Crippen LogP contribution is 2.27. The molecule has 0 saturated heterocycles. The van der Waals surface area contributed by atoms with Gasteiger partial charge in [0.1, 0.15) is 0 Å². The highest BCUT2D eigenvalue weighted by atomic mass is 16.4. The number of aliphatic carboxylic acids is 1. The predicted octanol–water partition coefficient (Wildman–Crippen LogP) is 1.03. The topological polar surface area (TPSA) is 57.6 Å². The lowest BCUT2D eigenvalue weighted by Crippen LogP contribution is -2.34. The maximum Gasteiger partial charge on any atom is 0.305 e. The number of rotatable bonds is 6. The quantitative estimate of drug-likeness (QED) is 0.647. The Balaban J connectivity index is 2.41. The minimum absolute atomic E-state index is 0.0104. The van der Waals surface area contributed by atoms with Crippen LogP contribution < -0.4 is 0 Å². The van der Waals surface area contributed by atoms with E-state index >= 15 is 0 Å². The van der Waals surface area contributed by atoms with Crippen LogP contribution in [0.5, 0.6) is 0 Å². The van der Waals surface area contributed by atoms with Gasteiger partial charge in [0.05, 0.1) is 6.42 Å². The lowest BCUT2D eigenvalue weighted by atomic mass is 10.3. The number of amides is 1. The third-order valence-corrected chi connectivity index (χ3v) is 2.19. The Morgan fingerprint density at radius 2 is 2.14 bits per heavy atom. The molecule has 0 aromatic heterocycles. The molecule has 4 heteroatoms. The summed E-state index contributed by atoms with van der Waals surface area (Å²) in [7, 11) is 0. The largest absolute Gasteiger partial charge is 0.481 e. The molecule has 14 heavy (non-hydrogen) atoms. The van der Waals surface area contributed by atoms with Crippen molar-refractivity contribution >= 4 is 11.9 Å². The van der Waals surface area contributed by atoms with E-state index in [0.717, 1.165) is 12.8 Å². The molecular formula is C10H15NO3. The third-order valence-electron chi connectivity index (χ3n) is 2.19. The fourth-order valence-electron chi connectivity index (χ4n) is 1.35. The first-order chi connectivity index (χ1) is 6.65. The molecule has 0 aromatic carbocycles. The Labute approximate surface area is 83.2 Å². The van der Waals surface area contributed by atoms with Crippen LogP contribution in [0.25, 0.3) is 0 Å². The Hall–Kier alpha value is -1.32. The summed E-state index contributed by atoms with van der Waals surface area (Å²) in [5.41, 5.74) is 0. The van der Waals surface area contributed by atoms with E-state index in [0.29, 0.717) is 13.0 Å². The SMILES string of the molecule is C=CCC(=O)N(CCC(=O)O)C1CC1. The Bertz CT molecular complexity index is 246. The lowest BCUT2D eigenvalue weighted by Gasteiger charge is -2.20. The van der Waals surface area contributed by atoms with E-state index in [1.165, 1.54) is 0 Å². The molecule has 1 rings (SSSR count). The van der Waals surface area contributed by atoms with Gasteiger partial charge in [-0.3, -0.25) is 9.59 Å². The molecule has 0 atom stereocenters. The number of carbonyl (C=O) groups excluding carboxylic acids is 1. The van der Waals surface area contributed by atoms with Crippen molar-refractivity contribution in [1.29, 1.82) is 0 Å². The van der Waals surface area contributed by atoms with Crippen LogP contribution in [0, 0.1) is 0 Å². The average Bonchev–Trinajstić information content (AvgIpc) is 2.88. The normalized spacial score (nSPS) is 14.9. The highest BCUT2D eigenvalue weighted by Gasteiger charge is 2.31. The van der Waals surface area contributed by atoms with Crippen molar-refractivity contribution in [2.45, 2.75) is 31.7 Å². The van der Waals surface area contributed by atoms with E-state index in [4.69, 9.17) is 5.11 Å². The molecule has 0 bridgehead atoms. The van der Waals surface area contributed by atoms with Crippen molar-refractivity contribution in [3.63, 3.8) is 0 Å². The monoisotopic (exact) mass is 197 g/mol. The maximum atomic E-state index is 11.5. The van der Waals surface area contributed by atoms with E-state index in [2.05, 4.69) is 6.58 Å². The van der Waals surface area contributed by atoms with Crippen LogP contribution in [0.4, 0.5) is 0 Å². The van der Waals surface area contributed by atoms with Crippen molar-refractivity contribution in [1.82, 2.24) is 4.90 Å². The third kappa shape index (κ3) is 3.20. The van der Waals surface area contributed by atoms with Gasteiger partial charge in [0.2, 0.25) is 5.91 Å². The molecule has 0 heterocycles. The molecule has 0 spiro atoms. The summed E-state index contributed by atoms with van der Waals surface area (Å²) in [5.74, 6) is -0.870. The molecule has 4 nitrogen and oxygen atoms in total. The van der Waals surface area contributed by atoms with Crippen LogP contribution in [0.2, 0.25) is 0 Å². The van der Waals surface area contributed by atoms with Crippen LogP contribution in [0.3, 0.4) is 0 Å². The summed E-state index contributed by atoms with van der Waals surface area (Å²) in [6.07, 6.45) is 3.89. The zero-order valence-electron chi connectivity index (χ0n) is 8.11. The second-order valence-corrected chi connectivity index (χ2v) is 3.45. The van der Waals surface area contributed by atoms with Gasteiger partial charge >= 0.3 is 5.97 Å². The van der Waals surface area contributed by atoms with Crippen molar-refractivity contribution in [2.75, 3.05) is 6.54 Å². The van der Waals surface area contributed by atoms with E-state index in [1.807, 2.05) is 0 Å². The van der Waals surface area contributed by atoms with Gasteiger partial charge in [-0.2, -0.15) is 0 Å². The summed E-state index contributed by atoms with van der Waals surface area (Å²) in [4.78, 5) is 23.5. The molecule has 0 radical (unpaired) electrons. The number of carbonyl (C=O) groups is 2. The molecule has 1 N–H and O–H groups in total. The molecule has 0 aliphatic heterocycles. The highest BCUT2D eigenvalue weighted by molar-refractivity contribution is 5.79. The minimum Gasteiger partial charge on any atom is -0.481 e. The van der Waals surface area contributed by atoms with E-state index in [1.54, 1.807) is 11.0 Å². The maximum absolute atomic E-state index is 11.5. The van der Waals surface area contributed by atoms with E-state index < -0.39 is 5.97 Å². The van der Waals surface area contributed by atoms with Crippen molar-refractivity contribution in [3.8, 4) is 0 Å². The van der Waals surface area contributed by atoms with Gasteiger partial charge in [-0.15, -0.1) is 6.58 Å². The average molecular weight is 197 g/mol. The van der Waals surface area contributed by atoms with Gasteiger partial charge in [0.15, 0.2) is 0 Å². The van der Waals surface area contributed by atoms with Crippen LogP contribution in [0.15, 0.2) is 12.7 Å². The molecule has 1 saturated carbocycles. The fourth-order valence-corrected chi connectivity index (χ4v) is 1.35. The zero-order valence-corrected chi connectivity index (χ0v) is 8.11. The van der Waals surface area contributed by atoms with Gasteiger partial charge < -0.3 is 10.0 Å². The number of carboxylic acids is 1. The van der Waals surface area contributed by atoms with E-state index in [9.17, 15) is 9.59 Å². The van der Waals surface area contributed by atoms with Gasteiger partial charge in [0.25, 0.3) is 0 Å². The Morgan fingerprint density at radius 1 is 1.50 bits per heavy atom. The standard InChI is InChI=1S/C10H15NO3/c1-2-3-9(12)11(8-4-5-8)7-6-10(13)14/h2,8H,1,3-7H2,(H,13,14). The predicted molar refractivity (Wildman–Crippen MR) is 51.8 cm³/mol. The first kappa shape index (κ1) is 10.8. The minimum atomic E-state index is -0.859. The summed E-state index contributed by atoms with van der Waals surface area (Å²) in [6, 6.07) is 0.279. The smallest absolute Gasteiger partial charge is 0.305 e. The van der Waals surface area contributed by atoms with Crippen molar-refractivity contribution < 1.29 is 14.7 Å². The van der Waals surface area contributed by atoms with Crippen LogP contribution >= 0.6 is 0 Å². The van der Waals surface area contributed by atoms with Crippen molar-refractivity contribution in [3.05, 3.63) is 12.7 Å². The summed E-state index contributed by atoms with van der Waals surface area (Å²) in [6.45, 7) is 3.82. The first-order valence-electron chi connectivity index (χ1n) is 4.77. The first-order valence-corrected chi connectivity index (χ1v) is 4.77. The molecule has 1 aliphatic carbocycles. The Morgan fingerprint density at radius 3 is 2.57 bits per heavy atom. The lowest BCUT2D eigenvalue weighted by molar-refractivity contribution is -0.138. The molecule has 0 aromatic rings. The second-order valence-electron chi connectivity index (χ2n) is 3.45. The van der Waals surface area contributed by atoms with Gasteiger partial charge in [-0.25, -0.2) is 0 Å². The van der Waals surface area contributed by atoms with Crippen molar-refractivity contribution in [2.24, 2.45) is 0 Å². The summed E-state index contributed by atoms with van der Waals surface area (Å²) < 4.78 is 0. The van der Waals surface area contributed by atoms with Gasteiger partial charge in [-0.1, -0.05) is 6.08 Å². The van der Waals surface area contributed by atoms with Crippen LogP contribution in [-0.4, -0.2) is 34.5 Å². The molecule has 1 aliphatic rings. The molecule has 78 valence electrons. The van der Waals surface area contributed by atoms with Crippen LogP contribution in [-0.2, 0) is 9.59 Å². The zero-order chi connectivity index (χ0) is 10.6. The summed E-state index contributed by atoms with van der Waals surface area (Å²) in [5, 5.41) is 8.52. The molecule has 0 unspecified atom stereocenters. The molecule has 1 amide bonds. The fraction of sp³-hybridized carbons (Fsp3) is 0.600. The molecular weight excluding hydrogens is 182 g/mol. The summed E-state index contributed by atoms with van der Waals surface area (Å²) >= 11 is 0. The number of hydrogen-bond acceptors (Lipinski definition) is 2. The number of hydrogen-bond donors (Lipinski definition) is 1. The number of carboxylic acid groups (broad SMARTS) is 1. The van der Waals surface area contributed by atoms with Gasteiger partial charge in [0, 0.05) is 19.0 Å². The van der Waals surface area contributed by atoms with E-state index in [-0.39, 0.29) is 18.4 Å². The number of nitrogens with zero attached hydrogens (tertiary/aromatic N) is 1. The molecule has 1 fully saturated rings. The van der Waals surface area contributed by atoms with Gasteiger partial charge in [-0.05, 0) is 12.8 Å². The van der Waals surface area contributed by atoms with Crippen LogP contribution in [0.1, 0.15) is 25.7 Å².